The summed E-state index contributed by atoms with van der Waals surface area (Å²) in [6, 6.07) is 23.1. The van der Waals surface area contributed by atoms with E-state index < -0.39 is 23.8 Å². The summed E-state index contributed by atoms with van der Waals surface area (Å²) in [4.78, 5) is 36.6. The van der Waals surface area contributed by atoms with Crippen molar-refractivity contribution in [3.8, 4) is 34.1 Å². The van der Waals surface area contributed by atoms with E-state index in [0.29, 0.717) is 32.0 Å². The fourth-order valence-electron chi connectivity index (χ4n) is 9.73. The number of barbiturate groups is 1. The molecule has 1 saturated heterocycles. The lowest BCUT2D eigenvalue weighted by molar-refractivity contribution is -0.132. The van der Waals surface area contributed by atoms with Crippen molar-refractivity contribution in [2.45, 2.75) is 226 Å². The van der Waals surface area contributed by atoms with Crippen molar-refractivity contribution >= 4 is 28.6 Å². The van der Waals surface area contributed by atoms with E-state index in [2.05, 4.69) is 61.7 Å². The third-order valence-electron chi connectivity index (χ3n) is 14.1. The Bertz CT molecular complexity index is 2080. The Balaban J connectivity index is 1.23. The van der Waals surface area contributed by atoms with E-state index in [-0.39, 0.29) is 0 Å². The minimum absolute atomic E-state index is 0.352. The van der Waals surface area contributed by atoms with E-state index >= 15 is 0 Å². The van der Waals surface area contributed by atoms with Gasteiger partial charge in [-0.2, -0.15) is 0 Å². The summed E-state index contributed by atoms with van der Waals surface area (Å²) < 4.78 is 26.4. The number of carbonyl (C=O) groups is 3. The molecular formula is C63H92N2O7. The van der Waals surface area contributed by atoms with Crippen LogP contribution >= 0.6 is 0 Å². The third-order valence-corrected chi connectivity index (χ3v) is 14.1. The SMILES string of the molecule is CCCCCCCCCCCCOc1cc(COc2ccc(-c3ccc4cc(C5C(=O)NC(=O)NC5=O)ccc4c3)cc2)cc(OCCCCCCCCCCCC)c1OCCCCCCCCCCCC. The smallest absolute Gasteiger partial charge is 0.328 e. The van der Waals surface area contributed by atoms with E-state index in [1.807, 2.05) is 36.4 Å². The maximum Gasteiger partial charge on any atom is 0.328 e. The molecule has 396 valence electrons. The first-order valence-corrected chi connectivity index (χ1v) is 28.9. The van der Waals surface area contributed by atoms with Crippen LogP contribution in [0.15, 0.2) is 72.8 Å². The van der Waals surface area contributed by atoms with Crippen molar-refractivity contribution in [1.29, 1.82) is 0 Å². The first-order chi connectivity index (χ1) is 35.4. The van der Waals surface area contributed by atoms with Crippen molar-refractivity contribution in [3.63, 3.8) is 0 Å². The van der Waals surface area contributed by atoms with Gasteiger partial charge in [0, 0.05) is 0 Å². The zero-order valence-electron chi connectivity index (χ0n) is 44.9. The number of hydrogen-bond donors (Lipinski definition) is 2. The molecule has 9 nitrogen and oxygen atoms in total. The first-order valence-electron chi connectivity index (χ1n) is 28.9. The van der Waals surface area contributed by atoms with Crippen LogP contribution in [0.4, 0.5) is 4.79 Å². The average Bonchev–Trinajstić information content (AvgIpc) is 3.38. The van der Waals surface area contributed by atoms with E-state index in [1.165, 1.54) is 161 Å². The van der Waals surface area contributed by atoms with E-state index in [9.17, 15) is 14.4 Å². The highest BCUT2D eigenvalue weighted by atomic mass is 16.5. The Hall–Kier alpha value is -5.05. The summed E-state index contributed by atoms with van der Waals surface area (Å²) >= 11 is 0. The van der Waals surface area contributed by atoms with Crippen LogP contribution in [0.5, 0.6) is 23.0 Å². The van der Waals surface area contributed by atoms with Gasteiger partial charge in [-0.25, -0.2) is 4.79 Å². The molecule has 0 spiro atoms. The average molecular weight is 989 g/mol. The maximum atomic E-state index is 12.5. The van der Waals surface area contributed by atoms with Gasteiger partial charge >= 0.3 is 6.03 Å². The molecule has 72 heavy (non-hydrogen) atoms. The molecule has 0 saturated carbocycles. The second kappa shape index (κ2) is 35.2. The number of urea groups is 1. The molecule has 0 radical (unpaired) electrons. The predicted molar refractivity (Wildman–Crippen MR) is 297 cm³/mol. The molecule has 9 heteroatoms. The van der Waals surface area contributed by atoms with Gasteiger partial charge in [0.25, 0.3) is 0 Å². The highest BCUT2D eigenvalue weighted by Gasteiger charge is 2.35. The third kappa shape index (κ3) is 21.6. The van der Waals surface area contributed by atoms with Gasteiger partial charge in [-0.15, -0.1) is 0 Å². The lowest BCUT2D eigenvalue weighted by Crippen LogP contribution is -2.54. The lowest BCUT2D eigenvalue weighted by Gasteiger charge is -2.21. The molecule has 0 aromatic heterocycles. The van der Waals surface area contributed by atoms with E-state index in [4.69, 9.17) is 18.9 Å². The van der Waals surface area contributed by atoms with Gasteiger partial charge in [0.15, 0.2) is 11.5 Å². The highest BCUT2D eigenvalue weighted by Crippen LogP contribution is 2.40. The monoisotopic (exact) mass is 989 g/mol. The Morgan fingerprint density at radius 3 is 1.24 bits per heavy atom. The summed E-state index contributed by atoms with van der Waals surface area (Å²) in [5.41, 5.74) is 3.57. The fourth-order valence-corrected chi connectivity index (χ4v) is 9.73. The number of fused-ring (bicyclic) bond motifs is 1. The molecule has 4 aromatic rings. The standard InChI is InChI=1S/C63H92N2O7/c1-4-7-10-13-16-19-22-25-28-31-42-69-57-45-50(46-58(70-43-32-29-26-23-20-17-14-11-8-5-2)60(57)71-44-33-30-27-24-21-18-15-12-9-6-3)49-72-56-40-38-51(39-41-56)52-34-35-54-48-55(37-36-53(54)47-52)59-61(66)64-63(68)65-62(59)67/h34-41,45-48,59H,4-33,42-44,49H2,1-3H3,(H2,64,65,66,67,68). The Kier molecular flexibility index (Phi) is 28.3. The zero-order valence-corrected chi connectivity index (χ0v) is 44.9. The molecular weight excluding hydrogens is 897 g/mol. The summed E-state index contributed by atoms with van der Waals surface area (Å²) in [6.07, 6.45) is 38.3. The van der Waals surface area contributed by atoms with Crippen molar-refractivity contribution in [1.82, 2.24) is 10.6 Å². The molecule has 1 heterocycles. The molecule has 4 amide bonds. The van der Waals surface area contributed by atoms with Crippen molar-refractivity contribution < 1.29 is 33.3 Å². The van der Waals surface area contributed by atoms with Gasteiger partial charge in [0.05, 0.1) is 19.8 Å². The quantitative estimate of drug-likeness (QED) is 0.0336. The Labute approximate surface area is 434 Å². The lowest BCUT2D eigenvalue weighted by atomic mass is 9.92. The molecule has 1 aliphatic heterocycles. The topological polar surface area (TPSA) is 112 Å². The van der Waals surface area contributed by atoms with Crippen molar-refractivity contribution in [2.75, 3.05) is 19.8 Å². The molecule has 4 aromatic carbocycles. The van der Waals surface area contributed by atoms with E-state index in [1.54, 1.807) is 6.07 Å². The van der Waals surface area contributed by atoms with Crippen LogP contribution < -0.4 is 29.6 Å². The molecule has 0 unspecified atom stereocenters. The summed E-state index contributed by atoms with van der Waals surface area (Å²) in [6.45, 7) is 9.11. The van der Waals surface area contributed by atoms with Gasteiger partial charge in [-0.1, -0.05) is 231 Å². The summed E-state index contributed by atoms with van der Waals surface area (Å²) in [5, 5.41) is 6.24. The summed E-state index contributed by atoms with van der Waals surface area (Å²) in [7, 11) is 0. The number of hydrogen-bond acceptors (Lipinski definition) is 7. The fraction of sp³-hybridized carbons (Fsp3) is 0.603. The Morgan fingerprint density at radius 2 is 0.778 bits per heavy atom. The number of amides is 4. The molecule has 2 N–H and O–H groups in total. The molecule has 0 aliphatic carbocycles. The second-order valence-electron chi connectivity index (χ2n) is 20.4. The number of unbranched alkanes of at least 4 members (excludes halogenated alkanes) is 27. The van der Waals surface area contributed by atoms with Gasteiger partial charge in [0.1, 0.15) is 18.3 Å². The van der Waals surface area contributed by atoms with Gasteiger partial charge in [0.2, 0.25) is 17.6 Å². The molecule has 1 aliphatic rings. The van der Waals surface area contributed by atoms with Crippen LogP contribution in [0.2, 0.25) is 0 Å². The first kappa shape index (κ1) is 57.8. The molecule has 1 fully saturated rings. The number of ether oxygens (including phenoxy) is 4. The number of carbonyl (C=O) groups excluding carboxylic acids is 3. The number of benzene rings is 4. The van der Waals surface area contributed by atoms with E-state index in [0.717, 1.165) is 82.6 Å². The second-order valence-corrected chi connectivity index (χ2v) is 20.4. The maximum absolute atomic E-state index is 12.5. The molecule has 0 atom stereocenters. The van der Waals surface area contributed by atoms with Crippen LogP contribution in [0.3, 0.4) is 0 Å². The van der Waals surface area contributed by atoms with Crippen molar-refractivity contribution in [2.24, 2.45) is 0 Å². The van der Waals surface area contributed by atoms with Crippen LogP contribution in [-0.2, 0) is 16.2 Å². The van der Waals surface area contributed by atoms with Gasteiger partial charge in [-0.3, -0.25) is 20.2 Å². The number of rotatable bonds is 41. The zero-order chi connectivity index (χ0) is 50.9. The van der Waals surface area contributed by atoms with Crippen molar-refractivity contribution in [3.05, 3.63) is 83.9 Å². The minimum Gasteiger partial charge on any atom is -0.490 e. The summed E-state index contributed by atoms with van der Waals surface area (Å²) in [5.74, 6) is 0.661. The highest BCUT2D eigenvalue weighted by molar-refractivity contribution is 6.19. The van der Waals surface area contributed by atoms with Gasteiger partial charge in [-0.05, 0) is 88.7 Å². The largest absolute Gasteiger partial charge is 0.490 e. The molecule has 0 bridgehead atoms. The number of nitrogens with one attached hydrogen (secondary N) is 2. The van der Waals surface area contributed by atoms with Crippen LogP contribution in [-0.4, -0.2) is 37.7 Å². The van der Waals surface area contributed by atoms with Crippen LogP contribution in [0.25, 0.3) is 21.9 Å². The van der Waals surface area contributed by atoms with Crippen LogP contribution in [0.1, 0.15) is 230 Å². The normalized spacial score (nSPS) is 12.8. The number of imide groups is 2. The minimum atomic E-state index is -1.08. The Morgan fingerprint density at radius 1 is 0.389 bits per heavy atom. The molecule has 5 rings (SSSR count). The van der Waals surface area contributed by atoms with Gasteiger partial charge < -0.3 is 18.9 Å². The predicted octanol–water partition coefficient (Wildman–Crippen LogP) is 17.4. The van der Waals surface area contributed by atoms with Crippen LogP contribution in [0, 0.1) is 0 Å².